The largest absolute Gasteiger partial charge is 0.339 e. The van der Waals surface area contributed by atoms with Crippen LogP contribution in [0.25, 0.3) is 10.2 Å². The van der Waals surface area contributed by atoms with Crippen molar-refractivity contribution >= 4 is 43.2 Å². The van der Waals surface area contributed by atoms with Gasteiger partial charge in [0.15, 0.2) is 14.6 Å². The number of carbonyl (C=O) groups is 2. The van der Waals surface area contributed by atoms with Crippen LogP contribution in [0, 0.1) is 19.3 Å². The third-order valence-electron chi connectivity index (χ3n) is 5.12. The van der Waals surface area contributed by atoms with Crippen molar-refractivity contribution in [3.8, 4) is 12.3 Å². The number of likely N-dealkylation sites (tertiary alicyclic amines) is 1. The van der Waals surface area contributed by atoms with E-state index in [1.165, 1.54) is 11.3 Å². The maximum Gasteiger partial charge on any atom is 0.263 e. The molecule has 1 saturated heterocycles. The molecule has 160 valence electrons. The molecule has 2 aromatic rings. The van der Waals surface area contributed by atoms with Crippen molar-refractivity contribution in [2.75, 3.05) is 18.1 Å². The monoisotopic (exact) mass is 447 g/mol. The van der Waals surface area contributed by atoms with Gasteiger partial charge >= 0.3 is 0 Å². The number of hydrogen-bond donors (Lipinski definition) is 0. The molecule has 1 atom stereocenters. The van der Waals surface area contributed by atoms with Crippen LogP contribution >= 0.6 is 11.3 Å². The van der Waals surface area contributed by atoms with Gasteiger partial charge in [-0.3, -0.25) is 9.59 Å². The van der Waals surface area contributed by atoms with Crippen molar-refractivity contribution in [1.29, 1.82) is 0 Å². The van der Waals surface area contributed by atoms with Crippen LogP contribution in [0.3, 0.4) is 0 Å². The van der Waals surface area contributed by atoms with E-state index in [0.29, 0.717) is 11.3 Å². The van der Waals surface area contributed by atoms with Crippen LogP contribution in [-0.4, -0.2) is 53.8 Å². The number of rotatable bonds is 5. The lowest BCUT2D eigenvalue weighted by atomic mass is 10.0. The maximum absolute atomic E-state index is 12.5. The van der Waals surface area contributed by atoms with Gasteiger partial charge in [-0.25, -0.2) is 8.42 Å². The minimum absolute atomic E-state index is 0.0200. The van der Waals surface area contributed by atoms with Gasteiger partial charge in [0.25, 0.3) is 5.91 Å². The summed E-state index contributed by atoms with van der Waals surface area (Å²) < 4.78 is 27.5. The highest BCUT2D eigenvalue weighted by Gasteiger charge is 2.28. The quantitative estimate of drug-likeness (QED) is 0.655. The van der Waals surface area contributed by atoms with Crippen molar-refractivity contribution in [3.05, 3.63) is 28.6 Å². The topological polar surface area (TPSA) is 88.8 Å². The van der Waals surface area contributed by atoms with Crippen LogP contribution in [0.1, 0.15) is 31.7 Å². The molecule has 2 heterocycles. The second-order valence-corrected chi connectivity index (χ2v) is 10.7. The average molecular weight is 448 g/mol. The molecule has 2 amide bonds. The molecule has 0 radical (unpaired) electrons. The van der Waals surface area contributed by atoms with Crippen molar-refractivity contribution in [2.45, 2.75) is 45.7 Å². The van der Waals surface area contributed by atoms with Crippen molar-refractivity contribution in [2.24, 2.45) is 4.99 Å². The number of fused-ring (bicyclic) bond motifs is 1. The van der Waals surface area contributed by atoms with E-state index >= 15 is 0 Å². The highest BCUT2D eigenvalue weighted by atomic mass is 32.2. The SMILES string of the molecule is C#CCn1c(=NC(=O)CS(=O)(=O)CC(=O)N2CCCCC2C)sc2cc(C)ccc21. The predicted octanol–water partition coefficient (Wildman–Crippen LogP) is 1.89. The second-order valence-electron chi connectivity index (χ2n) is 7.62. The summed E-state index contributed by atoms with van der Waals surface area (Å²) in [6.45, 7) is 4.64. The molecule has 7 nitrogen and oxygen atoms in total. The van der Waals surface area contributed by atoms with Crippen LogP contribution < -0.4 is 4.80 Å². The first-order chi connectivity index (χ1) is 14.2. The Morgan fingerprint density at radius 3 is 2.77 bits per heavy atom. The number of nitrogens with zero attached hydrogens (tertiary/aromatic N) is 3. The molecule has 0 N–H and O–H groups in total. The van der Waals surface area contributed by atoms with Crippen LogP contribution in [0.4, 0.5) is 0 Å². The van der Waals surface area contributed by atoms with Crippen LogP contribution in [-0.2, 0) is 26.0 Å². The van der Waals surface area contributed by atoms with Gasteiger partial charge in [-0.2, -0.15) is 4.99 Å². The fraction of sp³-hybridized carbons (Fsp3) is 0.476. The summed E-state index contributed by atoms with van der Waals surface area (Å²) in [6.07, 6.45) is 8.21. The zero-order valence-corrected chi connectivity index (χ0v) is 18.8. The first-order valence-electron chi connectivity index (χ1n) is 9.81. The highest BCUT2D eigenvalue weighted by molar-refractivity contribution is 7.92. The number of aryl methyl sites for hydroxylation is 1. The molecule has 1 aromatic heterocycles. The van der Waals surface area contributed by atoms with Gasteiger partial charge in [-0.15, -0.1) is 6.42 Å². The Morgan fingerprint density at radius 1 is 1.30 bits per heavy atom. The summed E-state index contributed by atoms with van der Waals surface area (Å²) in [5, 5.41) is 0. The van der Waals surface area contributed by atoms with Gasteiger partial charge < -0.3 is 9.47 Å². The minimum Gasteiger partial charge on any atom is -0.339 e. The molecule has 9 heteroatoms. The number of piperidine rings is 1. The van der Waals surface area contributed by atoms with Crippen molar-refractivity contribution in [3.63, 3.8) is 0 Å². The number of thiazole rings is 1. The lowest BCUT2D eigenvalue weighted by Crippen LogP contribution is -2.45. The number of benzene rings is 1. The molecular weight excluding hydrogens is 422 g/mol. The van der Waals surface area contributed by atoms with Crippen molar-refractivity contribution < 1.29 is 18.0 Å². The molecule has 0 spiro atoms. The normalized spacial score (nSPS) is 17.8. The first kappa shape index (κ1) is 22.2. The Kier molecular flexibility index (Phi) is 6.78. The number of aromatic nitrogens is 1. The summed E-state index contributed by atoms with van der Waals surface area (Å²) in [4.78, 5) is 30.8. The lowest BCUT2D eigenvalue weighted by Gasteiger charge is -2.33. The van der Waals surface area contributed by atoms with Gasteiger partial charge in [0, 0.05) is 12.6 Å². The molecule has 1 fully saturated rings. The van der Waals surface area contributed by atoms with Gasteiger partial charge in [-0.1, -0.05) is 23.3 Å². The van der Waals surface area contributed by atoms with E-state index < -0.39 is 33.2 Å². The smallest absolute Gasteiger partial charge is 0.263 e. The number of sulfone groups is 1. The number of terminal acetylenes is 1. The van der Waals surface area contributed by atoms with Gasteiger partial charge in [0.2, 0.25) is 5.91 Å². The molecule has 0 bridgehead atoms. The number of amides is 2. The summed E-state index contributed by atoms with van der Waals surface area (Å²) in [6, 6.07) is 5.82. The Bertz CT molecular complexity index is 1190. The molecule has 3 rings (SSSR count). The fourth-order valence-electron chi connectivity index (χ4n) is 3.63. The predicted molar refractivity (Wildman–Crippen MR) is 118 cm³/mol. The Labute approximate surface area is 180 Å². The van der Waals surface area contributed by atoms with Gasteiger partial charge in [-0.05, 0) is 50.8 Å². The third-order valence-corrected chi connectivity index (χ3v) is 7.53. The highest BCUT2D eigenvalue weighted by Crippen LogP contribution is 2.19. The van der Waals surface area contributed by atoms with E-state index in [4.69, 9.17) is 6.42 Å². The molecule has 1 aromatic carbocycles. The molecule has 30 heavy (non-hydrogen) atoms. The molecule has 0 saturated carbocycles. The number of carbonyl (C=O) groups excluding carboxylic acids is 2. The molecule has 0 aliphatic carbocycles. The van der Waals surface area contributed by atoms with E-state index in [9.17, 15) is 18.0 Å². The maximum atomic E-state index is 12.5. The summed E-state index contributed by atoms with van der Waals surface area (Å²) >= 11 is 1.28. The van der Waals surface area contributed by atoms with E-state index in [0.717, 1.165) is 35.0 Å². The summed E-state index contributed by atoms with van der Waals surface area (Å²) in [5.41, 5.74) is 1.90. The average Bonchev–Trinajstić information content (AvgIpc) is 2.97. The first-order valence-corrected chi connectivity index (χ1v) is 12.4. The van der Waals surface area contributed by atoms with Crippen LogP contribution in [0.2, 0.25) is 0 Å². The lowest BCUT2D eigenvalue weighted by molar-refractivity contribution is -0.131. The fourth-order valence-corrected chi connectivity index (χ4v) is 5.86. The zero-order chi connectivity index (χ0) is 21.9. The van der Waals surface area contributed by atoms with E-state index in [2.05, 4.69) is 10.9 Å². The van der Waals surface area contributed by atoms with Crippen molar-refractivity contribution in [1.82, 2.24) is 9.47 Å². The van der Waals surface area contributed by atoms with E-state index in [1.54, 1.807) is 9.47 Å². The van der Waals surface area contributed by atoms with Gasteiger partial charge in [0.05, 0.1) is 16.8 Å². The molecule has 1 aliphatic heterocycles. The zero-order valence-electron chi connectivity index (χ0n) is 17.1. The minimum atomic E-state index is -3.91. The number of hydrogen-bond acceptors (Lipinski definition) is 5. The van der Waals surface area contributed by atoms with E-state index in [1.807, 2.05) is 32.0 Å². The Balaban J connectivity index is 1.80. The Morgan fingerprint density at radius 2 is 2.07 bits per heavy atom. The molecular formula is C21H25N3O4S2. The summed E-state index contributed by atoms with van der Waals surface area (Å²) in [7, 11) is -3.91. The summed E-state index contributed by atoms with van der Waals surface area (Å²) in [5.74, 6) is -0.190. The standard InChI is InChI=1S/C21H25N3O4S2/c1-4-10-24-17-9-8-15(2)12-18(17)29-21(24)22-19(25)13-30(27,28)14-20(26)23-11-6-5-7-16(23)3/h1,8-9,12,16H,5-7,10-11,13-14H2,2-3H3. The molecule has 1 unspecified atom stereocenters. The van der Waals surface area contributed by atoms with Gasteiger partial charge in [0.1, 0.15) is 11.5 Å². The van der Waals surface area contributed by atoms with Crippen LogP contribution in [0.5, 0.6) is 0 Å². The second kappa shape index (κ2) is 9.14. The van der Waals surface area contributed by atoms with Crippen LogP contribution in [0.15, 0.2) is 23.2 Å². The molecule has 1 aliphatic rings. The Hall–Kier alpha value is -2.44. The third kappa shape index (κ3) is 5.18. The van der Waals surface area contributed by atoms with E-state index in [-0.39, 0.29) is 12.6 Å².